The lowest BCUT2D eigenvalue weighted by atomic mass is 10.0. The second-order valence-corrected chi connectivity index (χ2v) is 7.93. The van der Waals surface area contributed by atoms with E-state index in [9.17, 15) is 4.79 Å². The van der Waals surface area contributed by atoms with Gasteiger partial charge in [0, 0.05) is 27.2 Å². The summed E-state index contributed by atoms with van der Waals surface area (Å²) in [7, 11) is 0. The Morgan fingerprint density at radius 2 is 1.69 bits per heavy atom. The topological polar surface area (TPSA) is 67.2 Å². The van der Waals surface area contributed by atoms with Gasteiger partial charge in [0.1, 0.15) is 5.52 Å². The van der Waals surface area contributed by atoms with E-state index in [1.807, 2.05) is 66.7 Å². The molecule has 0 spiro atoms. The van der Waals surface area contributed by atoms with Gasteiger partial charge in [-0.3, -0.25) is 10.1 Å². The molecule has 5 nitrogen and oxygen atoms in total. The number of hydrogen-bond donors (Lipinski definition) is 2. The number of nitrogens with one attached hydrogen (secondary N) is 2. The molecule has 0 unspecified atom stereocenters. The van der Waals surface area contributed by atoms with Gasteiger partial charge in [0.05, 0.1) is 0 Å². The van der Waals surface area contributed by atoms with Gasteiger partial charge in [-0.15, -0.1) is 0 Å². The lowest BCUT2D eigenvalue weighted by Crippen LogP contribution is -2.34. The summed E-state index contributed by atoms with van der Waals surface area (Å²) >= 11 is 11.6. The highest BCUT2D eigenvalue weighted by Crippen LogP contribution is 2.27. The monoisotopic (exact) mass is 457 g/mol. The van der Waals surface area contributed by atoms with Crippen LogP contribution in [0.1, 0.15) is 10.4 Å². The molecule has 0 radical (unpaired) electrons. The summed E-state index contributed by atoms with van der Waals surface area (Å²) in [5.74, 6) is 0.229. The number of halogens is 1. The van der Waals surface area contributed by atoms with Gasteiger partial charge in [-0.05, 0) is 60.1 Å². The van der Waals surface area contributed by atoms with Crippen LogP contribution in [0.4, 0.5) is 5.69 Å². The fourth-order valence-corrected chi connectivity index (χ4v) is 3.96. The van der Waals surface area contributed by atoms with E-state index < -0.39 is 0 Å². The number of fused-ring (bicyclic) bond motifs is 2. The minimum atomic E-state index is -0.316. The standard InChI is InChI=1S/C25H16ClN3O2S/c26-20-11-5-8-17-18(20)9-4-10-19(17)23(30)29-25(32)27-16-12-13-22-21(14-16)28-24(31-22)15-6-2-1-3-7-15/h1-14H,(H2,27,29,30,32). The van der Waals surface area contributed by atoms with Gasteiger partial charge in [-0.25, -0.2) is 4.98 Å². The summed E-state index contributed by atoms with van der Waals surface area (Å²) in [6.07, 6.45) is 0. The molecule has 0 saturated heterocycles. The lowest BCUT2D eigenvalue weighted by Gasteiger charge is -2.11. The van der Waals surface area contributed by atoms with Crippen molar-refractivity contribution in [2.24, 2.45) is 0 Å². The molecule has 5 rings (SSSR count). The maximum Gasteiger partial charge on any atom is 0.258 e. The highest BCUT2D eigenvalue weighted by atomic mass is 35.5. The zero-order valence-electron chi connectivity index (χ0n) is 16.6. The molecular weight excluding hydrogens is 442 g/mol. The molecule has 4 aromatic carbocycles. The number of anilines is 1. The van der Waals surface area contributed by atoms with Crippen LogP contribution in [0.5, 0.6) is 0 Å². The molecule has 1 heterocycles. The Morgan fingerprint density at radius 1 is 0.906 bits per heavy atom. The van der Waals surface area contributed by atoms with Crippen molar-refractivity contribution in [1.82, 2.24) is 10.3 Å². The Balaban J connectivity index is 1.34. The number of nitrogens with zero attached hydrogens (tertiary/aromatic N) is 1. The zero-order chi connectivity index (χ0) is 22.1. The number of aromatic nitrogens is 1. The van der Waals surface area contributed by atoms with Crippen molar-refractivity contribution in [3.63, 3.8) is 0 Å². The van der Waals surface area contributed by atoms with E-state index in [4.69, 9.17) is 28.2 Å². The summed E-state index contributed by atoms with van der Waals surface area (Å²) in [4.78, 5) is 17.4. The number of rotatable bonds is 3. The van der Waals surface area contributed by atoms with E-state index in [0.717, 1.165) is 16.3 Å². The van der Waals surface area contributed by atoms with E-state index >= 15 is 0 Å². The van der Waals surface area contributed by atoms with Crippen LogP contribution in [0, 0.1) is 0 Å². The average Bonchev–Trinajstić information content (AvgIpc) is 3.23. The third-order valence-corrected chi connectivity index (χ3v) is 5.54. The third-order valence-electron chi connectivity index (χ3n) is 5.01. The van der Waals surface area contributed by atoms with Crippen molar-refractivity contribution in [3.05, 3.63) is 95.5 Å². The first-order valence-electron chi connectivity index (χ1n) is 9.84. The summed E-state index contributed by atoms with van der Waals surface area (Å²) in [5, 5.41) is 8.11. The van der Waals surface area contributed by atoms with Crippen LogP contribution < -0.4 is 10.6 Å². The van der Waals surface area contributed by atoms with Crippen molar-refractivity contribution in [2.75, 3.05) is 5.32 Å². The van der Waals surface area contributed by atoms with E-state index in [-0.39, 0.29) is 11.0 Å². The fraction of sp³-hybridized carbons (Fsp3) is 0. The van der Waals surface area contributed by atoms with E-state index in [0.29, 0.717) is 33.3 Å². The second-order valence-electron chi connectivity index (χ2n) is 7.12. The maximum absolute atomic E-state index is 12.8. The average molecular weight is 458 g/mol. The minimum Gasteiger partial charge on any atom is -0.436 e. The largest absolute Gasteiger partial charge is 0.436 e. The smallest absolute Gasteiger partial charge is 0.258 e. The number of carbonyl (C=O) groups is 1. The predicted octanol–water partition coefficient (Wildman–Crippen LogP) is 6.43. The van der Waals surface area contributed by atoms with E-state index in [2.05, 4.69) is 15.6 Å². The fourth-order valence-electron chi connectivity index (χ4n) is 3.51. The van der Waals surface area contributed by atoms with E-state index in [1.54, 1.807) is 18.2 Å². The number of amides is 1. The first kappa shape index (κ1) is 20.2. The molecular formula is C25H16ClN3O2S. The number of hydrogen-bond acceptors (Lipinski definition) is 4. The van der Waals surface area contributed by atoms with Crippen molar-refractivity contribution >= 4 is 62.4 Å². The molecule has 1 aromatic heterocycles. The van der Waals surface area contributed by atoms with Gasteiger partial charge in [0.2, 0.25) is 5.89 Å². The van der Waals surface area contributed by atoms with Crippen LogP contribution in [0.2, 0.25) is 5.02 Å². The normalized spacial score (nSPS) is 10.9. The van der Waals surface area contributed by atoms with Crippen molar-refractivity contribution < 1.29 is 9.21 Å². The molecule has 5 aromatic rings. The Hall–Kier alpha value is -3.74. The van der Waals surface area contributed by atoms with Gasteiger partial charge >= 0.3 is 0 Å². The molecule has 32 heavy (non-hydrogen) atoms. The number of carbonyl (C=O) groups excluding carboxylic acids is 1. The van der Waals surface area contributed by atoms with Gasteiger partial charge in [-0.2, -0.15) is 0 Å². The van der Waals surface area contributed by atoms with Gasteiger partial charge in [0.15, 0.2) is 10.7 Å². The molecule has 7 heteroatoms. The summed E-state index contributed by atoms with van der Waals surface area (Å²) < 4.78 is 5.83. The lowest BCUT2D eigenvalue weighted by molar-refractivity contribution is 0.0979. The van der Waals surface area contributed by atoms with Crippen molar-refractivity contribution in [1.29, 1.82) is 0 Å². The quantitative estimate of drug-likeness (QED) is 0.306. The number of benzene rings is 4. The van der Waals surface area contributed by atoms with Crippen LogP contribution in [-0.4, -0.2) is 16.0 Å². The maximum atomic E-state index is 12.8. The zero-order valence-corrected chi connectivity index (χ0v) is 18.2. The molecule has 0 aliphatic carbocycles. The first-order chi connectivity index (χ1) is 15.6. The van der Waals surface area contributed by atoms with Crippen LogP contribution >= 0.6 is 23.8 Å². The molecule has 0 atom stereocenters. The molecule has 156 valence electrons. The van der Waals surface area contributed by atoms with Gasteiger partial charge in [-0.1, -0.05) is 54.1 Å². The van der Waals surface area contributed by atoms with Gasteiger partial charge < -0.3 is 9.73 Å². The van der Waals surface area contributed by atoms with E-state index in [1.165, 1.54) is 0 Å². The van der Waals surface area contributed by atoms with Gasteiger partial charge in [0.25, 0.3) is 5.91 Å². The highest BCUT2D eigenvalue weighted by molar-refractivity contribution is 7.80. The molecule has 1 amide bonds. The summed E-state index contributed by atoms with van der Waals surface area (Å²) in [6.45, 7) is 0. The number of thiocarbonyl (C=S) groups is 1. The summed E-state index contributed by atoms with van der Waals surface area (Å²) in [6, 6.07) is 26.0. The first-order valence-corrected chi connectivity index (χ1v) is 10.6. The highest BCUT2D eigenvalue weighted by Gasteiger charge is 2.13. The molecule has 2 N–H and O–H groups in total. The molecule has 0 bridgehead atoms. The second kappa shape index (κ2) is 8.42. The summed E-state index contributed by atoms with van der Waals surface area (Å²) in [5.41, 5.74) is 3.44. The number of oxazole rings is 1. The Kier molecular flexibility index (Phi) is 5.31. The molecule has 0 fully saturated rings. The Labute approximate surface area is 194 Å². The SMILES string of the molecule is O=C(NC(=S)Nc1ccc2oc(-c3ccccc3)nc2c1)c1cccc2c(Cl)cccc12. The molecule has 0 aliphatic heterocycles. The third kappa shape index (κ3) is 3.93. The minimum absolute atomic E-state index is 0.181. The molecule has 0 saturated carbocycles. The van der Waals surface area contributed by atoms with Crippen LogP contribution in [0.3, 0.4) is 0 Å². The van der Waals surface area contributed by atoms with Crippen LogP contribution in [-0.2, 0) is 0 Å². The van der Waals surface area contributed by atoms with Crippen LogP contribution in [0.25, 0.3) is 33.3 Å². The van der Waals surface area contributed by atoms with Crippen molar-refractivity contribution in [3.8, 4) is 11.5 Å². The molecule has 0 aliphatic rings. The Morgan fingerprint density at radius 3 is 2.53 bits per heavy atom. The predicted molar refractivity (Wildman–Crippen MR) is 132 cm³/mol. The van der Waals surface area contributed by atoms with Crippen molar-refractivity contribution in [2.45, 2.75) is 0 Å². The van der Waals surface area contributed by atoms with Crippen LogP contribution in [0.15, 0.2) is 89.3 Å². The Bertz CT molecular complexity index is 1480.